The smallest absolute Gasteiger partial charge is 0.336 e. The van der Waals surface area contributed by atoms with Gasteiger partial charge in [0.15, 0.2) is 0 Å². The summed E-state index contributed by atoms with van der Waals surface area (Å²) in [5.41, 5.74) is 2.62. The predicted molar refractivity (Wildman–Crippen MR) is 145 cm³/mol. The molecule has 1 aromatic heterocycles. The molecule has 6 rings (SSSR count). The van der Waals surface area contributed by atoms with Gasteiger partial charge in [0.1, 0.15) is 23.3 Å². The maximum absolute atomic E-state index is 12.5. The van der Waals surface area contributed by atoms with Crippen molar-refractivity contribution in [3.05, 3.63) is 117 Å². The fourth-order valence-corrected chi connectivity index (χ4v) is 5.29. The van der Waals surface area contributed by atoms with Gasteiger partial charge in [-0.15, -0.1) is 11.6 Å². The highest BCUT2D eigenvalue weighted by atomic mass is 79.9. The molecule has 0 aliphatic carbocycles. The summed E-state index contributed by atoms with van der Waals surface area (Å²) in [6.07, 6.45) is 0. The molecule has 1 fully saturated rings. The van der Waals surface area contributed by atoms with Crippen LogP contribution in [-0.4, -0.2) is 11.3 Å². The van der Waals surface area contributed by atoms with Gasteiger partial charge in [0.05, 0.1) is 6.04 Å². The summed E-state index contributed by atoms with van der Waals surface area (Å²) in [5, 5.41) is 2.11. The van der Waals surface area contributed by atoms with Crippen LogP contribution in [-0.2, 0) is 11.4 Å². The number of halogens is 2. The molecule has 1 aliphatic rings. The Morgan fingerprint density at radius 1 is 0.889 bits per heavy atom. The topological polar surface area (TPSA) is 59.8 Å². The third-order valence-electron chi connectivity index (χ3n) is 6.47. The zero-order valence-corrected chi connectivity index (χ0v) is 21.2. The minimum atomic E-state index is -0.620. The Kier molecular flexibility index (Phi) is 5.78. The lowest BCUT2D eigenvalue weighted by Crippen LogP contribution is -2.56. The second-order valence-electron chi connectivity index (χ2n) is 8.64. The number of hydrogen-bond donors (Lipinski definition) is 0. The number of fused-ring (bicyclic) bond motifs is 3. The van der Waals surface area contributed by atoms with Crippen LogP contribution < -0.4 is 15.3 Å². The average molecular weight is 561 g/mol. The standard InChI is InChI=1S/C29H19BrClNO4/c30-20-8-10-21(11-9-20)32-27(26(31)29(32)34)18-5-12-22(13-6-18)35-16-19-15-25(33)36-28-23-4-2-1-3-17(23)7-14-24(19)28/h1-15,26-27H,16H2. The largest absolute Gasteiger partial charge is 0.489 e. The van der Waals surface area contributed by atoms with Crippen molar-refractivity contribution in [2.24, 2.45) is 0 Å². The van der Waals surface area contributed by atoms with E-state index in [0.717, 1.165) is 37.4 Å². The Balaban J connectivity index is 1.24. The van der Waals surface area contributed by atoms with E-state index < -0.39 is 11.0 Å². The predicted octanol–water partition coefficient (Wildman–Crippen LogP) is 6.98. The van der Waals surface area contributed by atoms with Crippen molar-refractivity contribution in [2.75, 3.05) is 4.90 Å². The van der Waals surface area contributed by atoms with E-state index >= 15 is 0 Å². The van der Waals surface area contributed by atoms with Crippen LogP contribution in [0.3, 0.4) is 0 Å². The number of carbonyl (C=O) groups excluding carboxylic acids is 1. The number of alkyl halides is 1. The van der Waals surface area contributed by atoms with Crippen molar-refractivity contribution in [1.82, 2.24) is 0 Å². The average Bonchev–Trinajstić information content (AvgIpc) is 2.91. The van der Waals surface area contributed by atoms with E-state index in [1.807, 2.05) is 84.9 Å². The number of nitrogens with zero attached hydrogens (tertiary/aromatic N) is 1. The van der Waals surface area contributed by atoms with E-state index in [-0.39, 0.29) is 18.6 Å². The molecular weight excluding hydrogens is 542 g/mol. The fraction of sp³-hybridized carbons (Fsp3) is 0.103. The zero-order chi connectivity index (χ0) is 24.8. The molecule has 1 amide bonds. The summed E-state index contributed by atoms with van der Waals surface area (Å²) in [5.74, 6) is 0.527. The number of carbonyl (C=O) groups is 1. The number of anilines is 1. The minimum Gasteiger partial charge on any atom is -0.489 e. The van der Waals surface area contributed by atoms with Crippen molar-refractivity contribution < 1.29 is 13.9 Å². The molecule has 1 saturated heterocycles. The van der Waals surface area contributed by atoms with Gasteiger partial charge in [-0.1, -0.05) is 64.5 Å². The molecule has 2 heterocycles. The van der Waals surface area contributed by atoms with Gasteiger partial charge >= 0.3 is 5.63 Å². The molecule has 5 aromatic rings. The SMILES string of the molecule is O=C1C(Cl)C(c2ccc(OCc3cc(=O)oc4c3ccc3ccccc34)cc2)N1c1ccc(Br)cc1. The molecule has 0 N–H and O–H groups in total. The first-order chi connectivity index (χ1) is 17.5. The minimum absolute atomic E-state index is 0.119. The summed E-state index contributed by atoms with van der Waals surface area (Å²) in [4.78, 5) is 26.5. The van der Waals surface area contributed by atoms with Crippen molar-refractivity contribution >= 4 is 60.9 Å². The first-order valence-corrected chi connectivity index (χ1v) is 12.6. The normalized spacial score (nSPS) is 17.4. The Hall–Kier alpha value is -3.61. The third-order valence-corrected chi connectivity index (χ3v) is 7.42. The van der Waals surface area contributed by atoms with Gasteiger partial charge in [0.2, 0.25) is 5.91 Å². The van der Waals surface area contributed by atoms with E-state index in [0.29, 0.717) is 11.3 Å². The highest BCUT2D eigenvalue weighted by Crippen LogP contribution is 2.42. The third kappa shape index (κ3) is 3.96. The maximum atomic E-state index is 12.5. The van der Waals surface area contributed by atoms with Gasteiger partial charge < -0.3 is 14.1 Å². The van der Waals surface area contributed by atoms with Crippen LogP contribution in [0, 0.1) is 0 Å². The number of β-lactam (4-membered cyclic amide) rings is 1. The number of rotatable bonds is 5. The molecule has 178 valence electrons. The van der Waals surface area contributed by atoms with Gasteiger partial charge in [-0.3, -0.25) is 4.79 Å². The number of amides is 1. The monoisotopic (exact) mass is 559 g/mol. The second-order valence-corrected chi connectivity index (χ2v) is 10.0. The molecule has 7 heteroatoms. The van der Waals surface area contributed by atoms with Crippen LogP contribution >= 0.6 is 27.5 Å². The van der Waals surface area contributed by atoms with Crippen molar-refractivity contribution in [3.63, 3.8) is 0 Å². The Labute approximate surface area is 220 Å². The van der Waals surface area contributed by atoms with Gasteiger partial charge in [0.25, 0.3) is 0 Å². The molecule has 5 nitrogen and oxygen atoms in total. The van der Waals surface area contributed by atoms with Crippen LogP contribution in [0.5, 0.6) is 5.75 Å². The van der Waals surface area contributed by atoms with Crippen molar-refractivity contribution in [1.29, 1.82) is 0 Å². The molecule has 0 spiro atoms. The quantitative estimate of drug-likeness (QED) is 0.101. The van der Waals surface area contributed by atoms with Gasteiger partial charge in [0, 0.05) is 32.6 Å². The molecule has 0 saturated carbocycles. The maximum Gasteiger partial charge on any atom is 0.336 e. The summed E-state index contributed by atoms with van der Waals surface area (Å²) < 4.78 is 12.5. The Bertz CT molecular complexity index is 1660. The first kappa shape index (κ1) is 22.8. The van der Waals surface area contributed by atoms with Crippen LogP contribution in [0.4, 0.5) is 5.69 Å². The molecule has 0 radical (unpaired) electrons. The summed E-state index contributed by atoms with van der Waals surface area (Å²) in [6.45, 7) is 0.213. The van der Waals surface area contributed by atoms with Crippen LogP contribution in [0.1, 0.15) is 17.2 Å². The first-order valence-electron chi connectivity index (χ1n) is 11.4. The highest BCUT2D eigenvalue weighted by Gasteiger charge is 2.47. The zero-order valence-electron chi connectivity index (χ0n) is 18.9. The Morgan fingerprint density at radius 3 is 2.42 bits per heavy atom. The van der Waals surface area contributed by atoms with Crippen LogP contribution in [0.15, 0.2) is 105 Å². The molecule has 0 bridgehead atoms. The van der Waals surface area contributed by atoms with Crippen LogP contribution in [0.25, 0.3) is 21.7 Å². The van der Waals surface area contributed by atoms with Gasteiger partial charge in [-0.05, 0) is 47.3 Å². The van der Waals surface area contributed by atoms with Crippen molar-refractivity contribution in [2.45, 2.75) is 18.0 Å². The number of benzene rings is 4. The lowest BCUT2D eigenvalue weighted by molar-refractivity contribution is -0.123. The number of hydrogen-bond acceptors (Lipinski definition) is 4. The van der Waals surface area contributed by atoms with Gasteiger partial charge in [-0.2, -0.15) is 0 Å². The molecule has 2 atom stereocenters. The second kappa shape index (κ2) is 9.12. The number of ether oxygens (including phenoxy) is 1. The van der Waals surface area contributed by atoms with E-state index in [4.69, 9.17) is 20.8 Å². The summed E-state index contributed by atoms with van der Waals surface area (Å²) in [6, 6.07) is 28.1. The summed E-state index contributed by atoms with van der Waals surface area (Å²) in [7, 11) is 0. The summed E-state index contributed by atoms with van der Waals surface area (Å²) >= 11 is 9.82. The van der Waals surface area contributed by atoms with E-state index in [1.54, 1.807) is 4.90 Å². The lowest BCUT2D eigenvalue weighted by atomic mass is 9.92. The van der Waals surface area contributed by atoms with E-state index in [1.165, 1.54) is 6.07 Å². The van der Waals surface area contributed by atoms with E-state index in [2.05, 4.69) is 15.9 Å². The van der Waals surface area contributed by atoms with Crippen molar-refractivity contribution in [3.8, 4) is 5.75 Å². The fourth-order valence-electron chi connectivity index (χ4n) is 4.66. The highest BCUT2D eigenvalue weighted by molar-refractivity contribution is 9.10. The molecular formula is C29H19BrClNO4. The Morgan fingerprint density at radius 2 is 1.64 bits per heavy atom. The molecule has 1 aliphatic heterocycles. The van der Waals surface area contributed by atoms with Gasteiger partial charge in [-0.25, -0.2) is 4.79 Å². The lowest BCUT2D eigenvalue weighted by Gasteiger charge is -2.44. The van der Waals surface area contributed by atoms with E-state index in [9.17, 15) is 9.59 Å². The molecule has 36 heavy (non-hydrogen) atoms. The van der Waals surface area contributed by atoms with Crippen LogP contribution in [0.2, 0.25) is 0 Å². The molecule has 4 aromatic carbocycles. The molecule has 2 unspecified atom stereocenters.